The molecular formula is C14H19NO. The maximum Gasteiger partial charge on any atom is 0.254 e. The van der Waals surface area contributed by atoms with Gasteiger partial charge in [0.05, 0.1) is 0 Å². The number of hydrogen-bond donors (Lipinski definition) is 0. The second kappa shape index (κ2) is 3.93. The van der Waals surface area contributed by atoms with Gasteiger partial charge in [-0.2, -0.15) is 0 Å². The van der Waals surface area contributed by atoms with Crippen LogP contribution in [0.2, 0.25) is 0 Å². The third-order valence-electron chi connectivity index (χ3n) is 3.26. The monoisotopic (exact) mass is 217 g/mol. The maximum absolute atomic E-state index is 12.1. The first-order chi connectivity index (χ1) is 7.50. The van der Waals surface area contributed by atoms with Crippen molar-refractivity contribution in [3.8, 4) is 0 Å². The van der Waals surface area contributed by atoms with Crippen molar-refractivity contribution in [2.75, 3.05) is 0 Å². The van der Waals surface area contributed by atoms with Crippen molar-refractivity contribution in [1.29, 1.82) is 0 Å². The topological polar surface area (TPSA) is 20.3 Å². The minimum Gasteiger partial charge on any atom is -0.332 e. The first-order valence-electron chi connectivity index (χ1n) is 5.94. The highest BCUT2D eigenvalue weighted by Gasteiger charge is 2.29. The standard InChI is InChI=1S/C14H19NO/c1-9(2)11-5-6-12-8-15(10(3)4)14(16)13(12)7-11/h5-7,9-10H,8H2,1-4H3. The van der Waals surface area contributed by atoms with Crippen LogP contribution in [0.15, 0.2) is 18.2 Å². The van der Waals surface area contributed by atoms with Crippen LogP contribution in [-0.2, 0) is 6.54 Å². The van der Waals surface area contributed by atoms with Crippen LogP contribution in [-0.4, -0.2) is 16.8 Å². The average molecular weight is 217 g/mol. The van der Waals surface area contributed by atoms with Crippen molar-refractivity contribution in [2.45, 2.75) is 46.2 Å². The Morgan fingerprint density at radius 3 is 2.44 bits per heavy atom. The number of nitrogens with zero attached hydrogens (tertiary/aromatic N) is 1. The highest BCUT2D eigenvalue weighted by atomic mass is 16.2. The summed E-state index contributed by atoms with van der Waals surface area (Å²) in [4.78, 5) is 14.1. The van der Waals surface area contributed by atoms with Crippen LogP contribution >= 0.6 is 0 Å². The molecule has 2 heteroatoms. The molecule has 1 aromatic carbocycles. The molecule has 2 rings (SSSR count). The van der Waals surface area contributed by atoms with Gasteiger partial charge in [-0.05, 0) is 37.0 Å². The molecule has 0 bridgehead atoms. The van der Waals surface area contributed by atoms with E-state index in [0.717, 1.165) is 12.1 Å². The Kier molecular flexibility index (Phi) is 2.75. The van der Waals surface area contributed by atoms with Crippen LogP contribution in [0.3, 0.4) is 0 Å². The summed E-state index contributed by atoms with van der Waals surface area (Å²) in [5.41, 5.74) is 3.32. The molecule has 0 N–H and O–H groups in total. The summed E-state index contributed by atoms with van der Waals surface area (Å²) in [6.45, 7) is 9.20. The zero-order valence-corrected chi connectivity index (χ0v) is 10.4. The average Bonchev–Trinajstić information content (AvgIpc) is 2.56. The maximum atomic E-state index is 12.1. The van der Waals surface area contributed by atoms with Gasteiger partial charge in [0.15, 0.2) is 0 Å². The molecule has 0 atom stereocenters. The number of fused-ring (bicyclic) bond motifs is 1. The molecule has 0 aromatic heterocycles. The van der Waals surface area contributed by atoms with E-state index in [4.69, 9.17) is 0 Å². The Morgan fingerprint density at radius 2 is 1.88 bits per heavy atom. The lowest BCUT2D eigenvalue weighted by Crippen LogP contribution is -2.30. The first kappa shape index (κ1) is 11.2. The van der Waals surface area contributed by atoms with Gasteiger partial charge in [-0.25, -0.2) is 0 Å². The van der Waals surface area contributed by atoms with E-state index in [2.05, 4.69) is 45.9 Å². The van der Waals surface area contributed by atoms with E-state index < -0.39 is 0 Å². The van der Waals surface area contributed by atoms with E-state index in [-0.39, 0.29) is 11.9 Å². The summed E-state index contributed by atoms with van der Waals surface area (Å²) < 4.78 is 0. The molecule has 1 aliphatic rings. The molecule has 0 radical (unpaired) electrons. The van der Waals surface area contributed by atoms with Gasteiger partial charge in [-0.1, -0.05) is 26.0 Å². The Balaban J connectivity index is 2.38. The zero-order chi connectivity index (χ0) is 11.9. The molecule has 2 nitrogen and oxygen atoms in total. The summed E-state index contributed by atoms with van der Waals surface area (Å²) in [6.07, 6.45) is 0. The van der Waals surface area contributed by atoms with Gasteiger partial charge in [0.1, 0.15) is 0 Å². The van der Waals surface area contributed by atoms with Crippen LogP contribution in [0, 0.1) is 0 Å². The SMILES string of the molecule is CC(C)c1ccc2c(c1)C(=O)N(C(C)C)C2. The van der Waals surface area contributed by atoms with E-state index in [0.29, 0.717) is 5.92 Å². The molecule has 16 heavy (non-hydrogen) atoms. The van der Waals surface area contributed by atoms with Gasteiger partial charge in [0.2, 0.25) is 0 Å². The minimum absolute atomic E-state index is 0.188. The van der Waals surface area contributed by atoms with E-state index in [1.165, 1.54) is 11.1 Å². The molecular weight excluding hydrogens is 198 g/mol. The molecule has 0 aliphatic carbocycles. The number of carbonyl (C=O) groups excluding carboxylic acids is 1. The molecule has 0 fully saturated rings. The van der Waals surface area contributed by atoms with E-state index in [9.17, 15) is 4.79 Å². The lowest BCUT2D eigenvalue weighted by atomic mass is 9.98. The molecule has 1 aliphatic heterocycles. The summed E-state index contributed by atoms with van der Waals surface area (Å²) in [5, 5.41) is 0. The number of rotatable bonds is 2. The molecule has 1 amide bonds. The van der Waals surface area contributed by atoms with Crippen LogP contribution < -0.4 is 0 Å². The second-order valence-corrected chi connectivity index (χ2v) is 5.10. The van der Waals surface area contributed by atoms with Gasteiger partial charge in [-0.15, -0.1) is 0 Å². The Bertz CT molecular complexity index is 421. The highest BCUT2D eigenvalue weighted by molar-refractivity contribution is 5.98. The summed E-state index contributed by atoms with van der Waals surface area (Å²) in [5.74, 6) is 0.665. The van der Waals surface area contributed by atoms with Gasteiger partial charge < -0.3 is 4.90 Å². The molecule has 1 aromatic rings. The predicted octanol–water partition coefficient (Wildman–Crippen LogP) is 3.17. The largest absolute Gasteiger partial charge is 0.332 e. The van der Waals surface area contributed by atoms with Gasteiger partial charge in [0, 0.05) is 18.2 Å². The van der Waals surface area contributed by atoms with E-state index in [1.807, 2.05) is 4.90 Å². The quantitative estimate of drug-likeness (QED) is 0.745. The third kappa shape index (κ3) is 1.73. The number of amides is 1. The lowest BCUT2D eigenvalue weighted by Gasteiger charge is -2.19. The number of hydrogen-bond acceptors (Lipinski definition) is 1. The Hall–Kier alpha value is -1.31. The van der Waals surface area contributed by atoms with Crippen molar-refractivity contribution in [2.24, 2.45) is 0 Å². The van der Waals surface area contributed by atoms with Crippen molar-refractivity contribution in [3.05, 3.63) is 34.9 Å². The normalized spacial score (nSPS) is 15.1. The molecule has 0 spiro atoms. The van der Waals surface area contributed by atoms with E-state index >= 15 is 0 Å². The molecule has 0 saturated carbocycles. The van der Waals surface area contributed by atoms with Crippen molar-refractivity contribution >= 4 is 5.91 Å². The minimum atomic E-state index is 0.188. The fourth-order valence-electron chi connectivity index (χ4n) is 2.12. The van der Waals surface area contributed by atoms with E-state index in [1.54, 1.807) is 0 Å². The van der Waals surface area contributed by atoms with Crippen molar-refractivity contribution in [1.82, 2.24) is 4.90 Å². The lowest BCUT2D eigenvalue weighted by molar-refractivity contribution is 0.0730. The summed E-state index contributed by atoms with van der Waals surface area (Å²) in [7, 11) is 0. The molecule has 1 heterocycles. The van der Waals surface area contributed by atoms with Crippen LogP contribution in [0.25, 0.3) is 0 Å². The highest BCUT2D eigenvalue weighted by Crippen LogP contribution is 2.27. The van der Waals surface area contributed by atoms with Crippen molar-refractivity contribution < 1.29 is 4.79 Å². The predicted molar refractivity (Wildman–Crippen MR) is 65.5 cm³/mol. The summed E-state index contributed by atoms with van der Waals surface area (Å²) in [6, 6.07) is 6.58. The third-order valence-corrected chi connectivity index (χ3v) is 3.26. The molecule has 0 unspecified atom stereocenters. The van der Waals surface area contributed by atoms with Gasteiger partial charge >= 0.3 is 0 Å². The van der Waals surface area contributed by atoms with Gasteiger partial charge in [0.25, 0.3) is 5.91 Å². The van der Waals surface area contributed by atoms with Crippen molar-refractivity contribution in [3.63, 3.8) is 0 Å². The molecule has 86 valence electrons. The first-order valence-corrected chi connectivity index (χ1v) is 5.94. The fourth-order valence-corrected chi connectivity index (χ4v) is 2.12. The Morgan fingerprint density at radius 1 is 1.19 bits per heavy atom. The Labute approximate surface area is 97.3 Å². The second-order valence-electron chi connectivity index (χ2n) is 5.10. The van der Waals surface area contributed by atoms with Gasteiger partial charge in [-0.3, -0.25) is 4.79 Å². The fraction of sp³-hybridized carbons (Fsp3) is 0.500. The van der Waals surface area contributed by atoms with Crippen LogP contribution in [0.5, 0.6) is 0 Å². The number of carbonyl (C=O) groups is 1. The van der Waals surface area contributed by atoms with Crippen LogP contribution in [0.4, 0.5) is 0 Å². The summed E-state index contributed by atoms with van der Waals surface area (Å²) >= 11 is 0. The molecule has 0 saturated heterocycles. The zero-order valence-electron chi connectivity index (χ0n) is 10.4. The smallest absolute Gasteiger partial charge is 0.254 e. The number of benzene rings is 1. The van der Waals surface area contributed by atoms with Crippen LogP contribution in [0.1, 0.15) is 55.1 Å².